The van der Waals surface area contributed by atoms with E-state index in [2.05, 4.69) is 0 Å². The van der Waals surface area contributed by atoms with Gasteiger partial charge in [-0.1, -0.05) is 47.5 Å². The molecule has 0 amide bonds. The summed E-state index contributed by atoms with van der Waals surface area (Å²) in [7, 11) is 0. The minimum atomic E-state index is -1.70. The number of hydrogen-bond acceptors (Lipinski definition) is 3. The number of carbonyl (C=O) groups excluding carboxylic acids is 2. The summed E-state index contributed by atoms with van der Waals surface area (Å²) in [6.45, 7) is 1.56. The topological polar surface area (TPSA) is 43.4 Å². The van der Waals surface area contributed by atoms with E-state index in [4.69, 9.17) is 27.9 Å². The number of fused-ring (bicyclic) bond motifs is 3. The molecule has 2 unspecified atom stereocenters. The van der Waals surface area contributed by atoms with E-state index in [1.54, 1.807) is 31.2 Å². The first-order chi connectivity index (χ1) is 7.89. The molecule has 2 aliphatic rings. The normalized spacial score (nSPS) is 33.2. The van der Waals surface area contributed by atoms with Gasteiger partial charge in [0, 0.05) is 5.56 Å². The largest absolute Gasteiger partial charge is 0.448 e. The van der Waals surface area contributed by atoms with Gasteiger partial charge in [0.05, 0.1) is 5.92 Å². The molecule has 17 heavy (non-hydrogen) atoms. The lowest BCUT2D eigenvalue weighted by Crippen LogP contribution is -2.36. The van der Waals surface area contributed by atoms with Gasteiger partial charge in [-0.15, -0.1) is 0 Å². The minimum absolute atomic E-state index is 0.241. The maximum absolute atomic E-state index is 12.2. The molecule has 5 heteroatoms. The van der Waals surface area contributed by atoms with Crippen LogP contribution in [0.3, 0.4) is 0 Å². The summed E-state index contributed by atoms with van der Waals surface area (Å²) < 4.78 is 3.43. The van der Waals surface area contributed by atoms with Crippen molar-refractivity contribution in [3.63, 3.8) is 0 Å². The third-order valence-electron chi connectivity index (χ3n) is 3.46. The Kier molecular flexibility index (Phi) is 1.97. The van der Waals surface area contributed by atoms with E-state index in [0.29, 0.717) is 11.1 Å². The highest BCUT2D eigenvalue weighted by atomic mass is 35.5. The van der Waals surface area contributed by atoms with Gasteiger partial charge in [0.1, 0.15) is 0 Å². The Morgan fingerprint density at radius 2 is 1.88 bits per heavy atom. The smallest absolute Gasteiger partial charge is 0.344 e. The molecule has 1 aromatic carbocycles. The Labute approximate surface area is 108 Å². The van der Waals surface area contributed by atoms with E-state index in [1.807, 2.05) is 0 Å². The summed E-state index contributed by atoms with van der Waals surface area (Å²) in [4.78, 5) is 23.9. The fourth-order valence-corrected chi connectivity index (χ4v) is 3.40. The maximum atomic E-state index is 12.2. The molecule has 1 saturated heterocycles. The molecular weight excluding hydrogens is 263 g/mol. The fraction of sp³-hybridized carbons (Fsp3) is 0.333. The second kappa shape index (κ2) is 3.03. The Morgan fingerprint density at radius 1 is 1.24 bits per heavy atom. The Morgan fingerprint density at radius 3 is 2.59 bits per heavy atom. The fourth-order valence-electron chi connectivity index (χ4n) is 2.68. The van der Waals surface area contributed by atoms with Crippen LogP contribution < -0.4 is 0 Å². The molecule has 3 nitrogen and oxygen atoms in total. The number of rotatable bonds is 0. The van der Waals surface area contributed by atoms with Crippen LogP contribution in [0.4, 0.5) is 0 Å². The first-order valence-corrected chi connectivity index (χ1v) is 5.89. The molecule has 0 spiro atoms. The average molecular weight is 271 g/mol. The molecule has 0 aromatic heterocycles. The maximum Gasteiger partial charge on any atom is 0.344 e. The van der Waals surface area contributed by atoms with Crippen LogP contribution in [-0.2, 0) is 9.53 Å². The number of halogens is 2. The lowest BCUT2D eigenvalue weighted by Gasteiger charge is -2.22. The highest BCUT2D eigenvalue weighted by molar-refractivity contribution is 6.59. The molecular formula is C12H8Cl2O3. The van der Waals surface area contributed by atoms with Crippen molar-refractivity contribution >= 4 is 35.0 Å². The van der Waals surface area contributed by atoms with Crippen LogP contribution in [0.5, 0.6) is 0 Å². The van der Waals surface area contributed by atoms with Crippen LogP contribution in [0.25, 0.3) is 0 Å². The van der Waals surface area contributed by atoms with E-state index < -0.39 is 21.8 Å². The van der Waals surface area contributed by atoms with Crippen molar-refractivity contribution in [2.45, 2.75) is 22.8 Å². The van der Waals surface area contributed by atoms with Crippen LogP contribution >= 0.6 is 23.2 Å². The van der Waals surface area contributed by atoms with Gasteiger partial charge >= 0.3 is 5.97 Å². The van der Waals surface area contributed by atoms with E-state index in [-0.39, 0.29) is 5.78 Å². The molecule has 88 valence electrons. The van der Waals surface area contributed by atoms with Crippen molar-refractivity contribution in [1.29, 1.82) is 0 Å². The molecule has 0 radical (unpaired) electrons. The van der Waals surface area contributed by atoms with Gasteiger partial charge in [0.25, 0.3) is 0 Å². The van der Waals surface area contributed by atoms with E-state index >= 15 is 0 Å². The zero-order valence-corrected chi connectivity index (χ0v) is 10.4. The number of alkyl halides is 2. The van der Waals surface area contributed by atoms with Crippen molar-refractivity contribution in [3.8, 4) is 0 Å². The molecule has 1 aliphatic carbocycles. The molecule has 0 bridgehead atoms. The van der Waals surface area contributed by atoms with E-state index in [9.17, 15) is 9.59 Å². The summed E-state index contributed by atoms with van der Waals surface area (Å²) >= 11 is 12.1. The van der Waals surface area contributed by atoms with E-state index in [0.717, 1.165) is 0 Å². The van der Waals surface area contributed by atoms with Gasteiger partial charge in [-0.3, -0.25) is 4.79 Å². The SMILES string of the molecule is CC12OC(=O)C(Cl)(Cl)C1c1ccccc1C2=O. The van der Waals surface area contributed by atoms with Gasteiger partial charge in [-0.2, -0.15) is 0 Å². The van der Waals surface area contributed by atoms with Crippen molar-refractivity contribution in [2.24, 2.45) is 0 Å². The number of carbonyl (C=O) groups is 2. The van der Waals surface area contributed by atoms with Crippen molar-refractivity contribution in [2.75, 3.05) is 0 Å². The van der Waals surface area contributed by atoms with Gasteiger partial charge < -0.3 is 4.74 Å². The van der Waals surface area contributed by atoms with Crippen LogP contribution in [-0.4, -0.2) is 21.7 Å². The summed E-state index contributed by atoms with van der Waals surface area (Å²) in [6.07, 6.45) is 0. The highest BCUT2D eigenvalue weighted by Gasteiger charge is 2.69. The third kappa shape index (κ3) is 1.14. The lowest BCUT2D eigenvalue weighted by atomic mass is 9.88. The third-order valence-corrected chi connectivity index (χ3v) is 4.20. The second-order valence-electron chi connectivity index (χ2n) is 4.47. The first kappa shape index (κ1) is 11.1. The van der Waals surface area contributed by atoms with Crippen molar-refractivity contribution < 1.29 is 14.3 Å². The Bertz CT molecular complexity index is 552. The summed E-state index contributed by atoms with van der Waals surface area (Å²) in [5.41, 5.74) is -0.0707. The Balaban J connectivity index is 2.29. The molecule has 1 heterocycles. The lowest BCUT2D eigenvalue weighted by molar-refractivity contribution is -0.144. The van der Waals surface area contributed by atoms with Crippen LogP contribution in [0.15, 0.2) is 24.3 Å². The highest BCUT2D eigenvalue weighted by Crippen LogP contribution is 2.58. The minimum Gasteiger partial charge on any atom is -0.448 e. The molecule has 1 fully saturated rings. The van der Waals surface area contributed by atoms with E-state index in [1.165, 1.54) is 0 Å². The standard InChI is InChI=1S/C12H8Cl2O3/c1-11-8(12(13,14)10(16)17-11)6-4-2-3-5-7(6)9(11)15/h2-5,8H,1H3. The average Bonchev–Trinajstić information content (AvgIpc) is 2.59. The molecule has 1 aromatic rings. The predicted molar refractivity (Wildman–Crippen MR) is 62.4 cm³/mol. The number of ether oxygens (including phenoxy) is 1. The summed E-state index contributed by atoms with van der Waals surface area (Å²) in [6, 6.07) is 6.99. The quantitative estimate of drug-likeness (QED) is 0.537. The van der Waals surface area contributed by atoms with Crippen molar-refractivity contribution in [1.82, 2.24) is 0 Å². The van der Waals surface area contributed by atoms with Crippen LogP contribution in [0.1, 0.15) is 28.8 Å². The molecule has 0 N–H and O–H groups in total. The zero-order chi connectivity index (χ0) is 12.4. The zero-order valence-electron chi connectivity index (χ0n) is 8.87. The predicted octanol–water partition coefficient (Wildman–Crippen LogP) is 2.46. The van der Waals surface area contributed by atoms with Crippen LogP contribution in [0.2, 0.25) is 0 Å². The van der Waals surface area contributed by atoms with Gasteiger partial charge in [-0.25, -0.2) is 4.79 Å². The molecule has 1 aliphatic heterocycles. The Hall–Kier alpha value is -1.06. The van der Waals surface area contributed by atoms with Gasteiger partial charge in [0.2, 0.25) is 10.1 Å². The first-order valence-electron chi connectivity index (χ1n) is 5.14. The van der Waals surface area contributed by atoms with Crippen molar-refractivity contribution in [3.05, 3.63) is 35.4 Å². The molecule has 0 saturated carbocycles. The molecule has 3 rings (SSSR count). The summed E-state index contributed by atoms with van der Waals surface area (Å²) in [5, 5.41) is 0. The number of ketones is 1. The summed E-state index contributed by atoms with van der Waals surface area (Å²) in [5.74, 6) is -1.64. The number of Topliss-reactive ketones (excluding diaryl/α,β-unsaturated/α-hetero) is 1. The number of hydrogen-bond donors (Lipinski definition) is 0. The molecule has 2 atom stereocenters. The second-order valence-corrected chi connectivity index (χ2v) is 5.85. The monoisotopic (exact) mass is 270 g/mol. The van der Waals surface area contributed by atoms with Crippen LogP contribution in [0, 0.1) is 0 Å². The van der Waals surface area contributed by atoms with Gasteiger partial charge in [0.15, 0.2) is 5.60 Å². The number of benzene rings is 1. The number of esters is 1. The van der Waals surface area contributed by atoms with Gasteiger partial charge in [-0.05, 0) is 12.5 Å².